The van der Waals surface area contributed by atoms with Crippen molar-refractivity contribution in [3.63, 3.8) is 0 Å². The first-order valence-corrected chi connectivity index (χ1v) is 5.72. The fourth-order valence-corrected chi connectivity index (χ4v) is 1.41. The van der Waals surface area contributed by atoms with Crippen molar-refractivity contribution in [2.75, 3.05) is 19.6 Å². The first kappa shape index (κ1) is 16.2. The monoisotopic (exact) mass is 253 g/mol. The first-order valence-electron chi connectivity index (χ1n) is 5.72. The molecule has 0 spiro atoms. The summed E-state index contributed by atoms with van der Waals surface area (Å²) in [4.78, 5) is 1.37. The Bertz CT molecular complexity index is 249. The zero-order valence-electron chi connectivity index (χ0n) is 10.7. The Labute approximate surface area is 101 Å². The summed E-state index contributed by atoms with van der Waals surface area (Å²) in [5.74, 6) is 0.0148. The largest absolute Gasteiger partial charge is 0.401 e. The molecule has 6 heteroatoms. The third-order valence-electron chi connectivity index (χ3n) is 2.72. The third kappa shape index (κ3) is 7.20. The van der Waals surface area contributed by atoms with Crippen LogP contribution in [0.3, 0.4) is 0 Å². The molecule has 0 saturated carbocycles. The van der Waals surface area contributed by atoms with Gasteiger partial charge in [0, 0.05) is 5.41 Å². The number of nitrogens with one attached hydrogen (secondary N) is 1. The van der Waals surface area contributed by atoms with Crippen LogP contribution in [0.2, 0.25) is 0 Å². The van der Waals surface area contributed by atoms with Crippen LogP contribution in [0.4, 0.5) is 13.2 Å². The molecule has 0 heterocycles. The average Bonchev–Trinajstić information content (AvgIpc) is 2.12. The van der Waals surface area contributed by atoms with Gasteiger partial charge in [-0.25, -0.2) is 0 Å². The fraction of sp³-hybridized carbons (Fsp3) is 0.909. The van der Waals surface area contributed by atoms with E-state index < -0.39 is 18.1 Å². The zero-order valence-corrected chi connectivity index (χ0v) is 10.7. The van der Waals surface area contributed by atoms with Crippen LogP contribution in [-0.2, 0) is 0 Å². The number of nitrogens with zero attached hydrogens (tertiary/aromatic N) is 1. The summed E-state index contributed by atoms with van der Waals surface area (Å²) in [5, 5.41) is 7.36. The minimum Gasteiger partial charge on any atom is -0.387 e. The van der Waals surface area contributed by atoms with Gasteiger partial charge in [-0.05, 0) is 25.9 Å². The molecule has 0 atom stereocenters. The minimum absolute atomic E-state index is 0.0148. The summed E-state index contributed by atoms with van der Waals surface area (Å²) in [6, 6.07) is 0. The van der Waals surface area contributed by atoms with Gasteiger partial charge in [-0.3, -0.25) is 10.3 Å². The van der Waals surface area contributed by atoms with Gasteiger partial charge in [-0.2, -0.15) is 13.2 Å². The lowest BCUT2D eigenvalue weighted by atomic mass is 9.88. The normalized spacial score (nSPS) is 13.1. The van der Waals surface area contributed by atoms with Crippen molar-refractivity contribution in [2.24, 2.45) is 11.1 Å². The van der Waals surface area contributed by atoms with Gasteiger partial charge in [-0.1, -0.05) is 20.8 Å². The molecule has 0 aromatic carbocycles. The van der Waals surface area contributed by atoms with Gasteiger partial charge in [0.2, 0.25) is 0 Å². The molecular weight excluding hydrogens is 231 g/mol. The molecule has 102 valence electrons. The minimum atomic E-state index is -4.17. The molecule has 0 radical (unpaired) electrons. The predicted molar refractivity (Wildman–Crippen MR) is 63.1 cm³/mol. The molecule has 3 nitrogen and oxygen atoms in total. The van der Waals surface area contributed by atoms with Crippen LogP contribution in [0.5, 0.6) is 0 Å². The van der Waals surface area contributed by atoms with E-state index in [4.69, 9.17) is 11.1 Å². The molecule has 0 aromatic rings. The van der Waals surface area contributed by atoms with Crippen LogP contribution >= 0.6 is 0 Å². The van der Waals surface area contributed by atoms with Crippen molar-refractivity contribution in [3.05, 3.63) is 0 Å². The number of alkyl halides is 3. The molecular formula is C11H22F3N3. The van der Waals surface area contributed by atoms with Gasteiger partial charge < -0.3 is 5.73 Å². The molecule has 0 bridgehead atoms. The second-order valence-electron chi connectivity index (χ2n) is 4.94. The Morgan fingerprint density at radius 2 is 1.76 bits per heavy atom. The lowest BCUT2D eigenvalue weighted by Gasteiger charge is -2.28. The fourth-order valence-electron chi connectivity index (χ4n) is 1.41. The SMILES string of the molecule is CCCN(CCC(C)(C)C(=N)N)CC(F)(F)F. The number of hydrogen-bond acceptors (Lipinski definition) is 2. The van der Waals surface area contributed by atoms with Gasteiger partial charge in [0.05, 0.1) is 12.4 Å². The first-order chi connectivity index (χ1) is 7.58. The lowest BCUT2D eigenvalue weighted by Crippen LogP contribution is -2.39. The van der Waals surface area contributed by atoms with Crippen LogP contribution in [-0.4, -0.2) is 36.5 Å². The Morgan fingerprint density at radius 3 is 2.12 bits per heavy atom. The van der Waals surface area contributed by atoms with E-state index in [1.165, 1.54) is 4.90 Å². The summed E-state index contributed by atoms with van der Waals surface area (Å²) in [5.41, 5.74) is 4.86. The number of halogens is 3. The molecule has 0 rings (SSSR count). The lowest BCUT2D eigenvalue weighted by molar-refractivity contribution is -0.146. The Hall–Kier alpha value is -0.780. The number of hydrogen-bond donors (Lipinski definition) is 2. The molecule has 0 aromatic heterocycles. The topological polar surface area (TPSA) is 53.1 Å². The van der Waals surface area contributed by atoms with Gasteiger partial charge in [0.15, 0.2) is 0 Å². The van der Waals surface area contributed by atoms with Crippen LogP contribution in [0.25, 0.3) is 0 Å². The molecule has 3 N–H and O–H groups in total. The number of nitrogens with two attached hydrogens (primary N) is 1. The van der Waals surface area contributed by atoms with Gasteiger partial charge in [0.1, 0.15) is 0 Å². The number of amidine groups is 1. The molecule has 0 aliphatic carbocycles. The van der Waals surface area contributed by atoms with E-state index in [0.717, 1.165) is 0 Å². The number of rotatable bonds is 7. The van der Waals surface area contributed by atoms with Crippen LogP contribution < -0.4 is 5.73 Å². The average molecular weight is 253 g/mol. The summed E-state index contributed by atoms with van der Waals surface area (Å²) in [6.45, 7) is 5.21. The highest BCUT2D eigenvalue weighted by Crippen LogP contribution is 2.22. The molecule has 0 unspecified atom stereocenters. The van der Waals surface area contributed by atoms with Crippen molar-refractivity contribution in [1.82, 2.24) is 4.90 Å². The van der Waals surface area contributed by atoms with E-state index in [-0.39, 0.29) is 5.84 Å². The van der Waals surface area contributed by atoms with Crippen molar-refractivity contribution in [3.8, 4) is 0 Å². The highest BCUT2D eigenvalue weighted by Gasteiger charge is 2.31. The standard InChI is InChI=1S/C11H22F3N3/c1-4-6-17(8-11(12,13)14)7-5-10(2,3)9(15)16/h4-8H2,1-3H3,(H3,15,16). The molecule has 17 heavy (non-hydrogen) atoms. The summed E-state index contributed by atoms with van der Waals surface area (Å²) < 4.78 is 36.9. The molecule has 0 saturated heterocycles. The third-order valence-corrected chi connectivity index (χ3v) is 2.72. The summed E-state index contributed by atoms with van der Waals surface area (Å²) >= 11 is 0. The van der Waals surface area contributed by atoms with Crippen molar-refractivity contribution < 1.29 is 13.2 Å². The Morgan fingerprint density at radius 1 is 1.24 bits per heavy atom. The van der Waals surface area contributed by atoms with Gasteiger partial charge >= 0.3 is 6.18 Å². The van der Waals surface area contributed by atoms with Gasteiger partial charge in [0.25, 0.3) is 0 Å². The Balaban J connectivity index is 4.32. The van der Waals surface area contributed by atoms with Crippen LogP contribution in [0.15, 0.2) is 0 Å². The second-order valence-corrected chi connectivity index (χ2v) is 4.94. The van der Waals surface area contributed by atoms with Crippen LogP contribution in [0, 0.1) is 10.8 Å². The quantitative estimate of drug-likeness (QED) is 0.541. The second kappa shape index (κ2) is 6.23. The highest BCUT2D eigenvalue weighted by atomic mass is 19.4. The molecule has 0 aliphatic rings. The van der Waals surface area contributed by atoms with Crippen molar-refractivity contribution >= 4 is 5.84 Å². The van der Waals surface area contributed by atoms with E-state index in [0.29, 0.717) is 25.9 Å². The van der Waals surface area contributed by atoms with Crippen molar-refractivity contribution in [2.45, 2.75) is 39.8 Å². The maximum atomic E-state index is 12.3. The summed E-state index contributed by atoms with van der Waals surface area (Å²) in [7, 11) is 0. The van der Waals surface area contributed by atoms with Crippen LogP contribution in [0.1, 0.15) is 33.6 Å². The van der Waals surface area contributed by atoms with Gasteiger partial charge in [-0.15, -0.1) is 0 Å². The van der Waals surface area contributed by atoms with Crippen molar-refractivity contribution in [1.29, 1.82) is 5.41 Å². The highest BCUT2D eigenvalue weighted by molar-refractivity contribution is 5.82. The van der Waals surface area contributed by atoms with E-state index in [9.17, 15) is 13.2 Å². The van der Waals surface area contributed by atoms with E-state index >= 15 is 0 Å². The van der Waals surface area contributed by atoms with E-state index in [1.54, 1.807) is 13.8 Å². The maximum Gasteiger partial charge on any atom is 0.401 e. The Kier molecular flexibility index (Phi) is 5.95. The molecule has 0 fully saturated rings. The molecule has 0 amide bonds. The summed E-state index contributed by atoms with van der Waals surface area (Å²) in [6.07, 6.45) is -3.04. The van der Waals surface area contributed by atoms with E-state index in [2.05, 4.69) is 0 Å². The predicted octanol–water partition coefficient (Wildman–Crippen LogP) is 2.61. The zero-order chi connectivity index (χ0) is 13.7. The maximum absolute atomic E-state index is 12.3. The van der Waals surface area contributed by atoms with E-state index in [1.807, 2.05) is 6.92 Å². The smallest absolute Gasteiger partial charge is 0.387 e. The molecule has 0 aliphatic heterocycles.